The second-order valence-electron chi connectivity index (χ2n) is 6.46. The van der Waals surface area contributed by atoms with Crippen LogP contribution < -0.4 is 5.56 Å². The van der Waals surface area contributed by atoms with Crippen molar-refractivity contribution in [1.82, 2.24) is 14.5 Å². The van der Waals surface area contributed by atoms with Crippen LogP contribution in [0.3, 0.4) is 0 Å². The Bertz CT molecular complexity index is 1030. The van der Waals surface area contributed by atoms with Gasteiger partial charge in [-0.05, 0) is 31.5 Å². The maximum atomic E-state index is 13.2. The summed E-state index contributed by atoms with van der Waals surface area (Å²) in [6.07, 6.45) is 0. The highest BCUT2D eigenvalue weighted by molar-refractivity contribution is 6.53. The third-order valence-electron chi connectivity index (χ3n) is 4.73. The number of aromatic nitrogens is 2. The minimum Gasteiger partial charge on any atom is -0.331 e. The van der Waals surface area contributed by atoms with E-state index in [9.17, 15) is 9.59 Å². The topological polar surface area (TPSA) is 55.2 Å². The van der Waals surface area contributed by atoms with Gasteiger partial charge in [-0.1, -0.05) is 65.7 Å². The number of hydrogen-bond donors (Lipinski definition) is 0. The number of nitrogens with zero attached hydrogens (tertiary/aromatic N) is 3. The number of halogens is 2. The number of hydrogen-bond acceptors (Lipinski definition) is 3. The lowest BCUT2D eigenvalue weighted by Gasteiger charge is -2.30. The van der Waals surface area contributed by atoms with E-state index in [2.05, 4.69) is 0 Å². The molecule has 28 heavy (non-hydrogen) atoms. The molecule has 0 N–H and O–H groups in total. The fraction of sp³-hybridized carbons (Fsp3) is 0.286. The van der Waals surface area contributed by atoms with E-state index in [1.165, 1.54) is 4.90 Å². The summed E-state index contributed by atoms with van der Waals surface area (Å²) in [6, 6.07) is 16.4. The summed E-state index contributed by atoms with van der Waals surface area (Å²) in [4.78, 5) is 30.8. The highest BCUT2D eigenvalue weighted by Gasteiger charge is 2.28. The van der Waals surface area contributed by atoms with Crippen molar-refractivity contribution >= 4 is 40.0 Å². The molecule has 1 atom stereocenters. The van der Waals surface area contributed by atoms with E-state index in [0.29, 0.717) is 29.8 Å². The van der Waals surface area contributed by atoms with Crippen molar-refractivity contribution in [1.29, 1.82) is 0 Å². The lowest BCUT2D eigenvalue weighted by atomic mass is 10.1. The Labute approximate surface area is 173 Å². The highest BCUT2D eigenvalue weighted by atomic mass is 35.5. The molecule has 1 amide bonds. The number of rotatable bonds is 6. The van der Waals surface area contributed by atoms with Crippen molar-refractivity contribution in [3.05, 3.63) is 76.3 Å². The van der Waals surface area contributed by atoms with Crippen LogP contribution in [0.5, 0.6) is 0 Å². The van der Waals surface area contributed by atoms with Gasteiger partial charge in [-0.25, -0.2) is 4.98 Å². The highest BCUT2D eigenvalue weighted by Crippen LogP contribution is 2.23. The first-order valence-electron chi connectivity index (χ1n) is 9.06. The first kappa shape index (κ1) is 20.4. The molecule has 1 heterocycles. The quantitative estimate of drug-likeness (QED) is 0.565. The molecule has 0 aliphatic carbocycles. The maximum absolute atomic E-state index is 13.2. The van der Waals surface area contributed by atoms with E-state index in [0.717, 1.165) is 5.56 Å². The van der Waals surface area contributed by atoms with Gasteiger partial charge in [-0.2, -0.15) is 0 Å². The summed E-state index contributed by atoms with van der Waals surface area (Å²) < 4.78 is 1.62. The van der Waals surface area contributed by atoms with Crippen LogP contribution >= 0.6 is 23.2 Å². The van der Waals surface area contributed by atoms with E-state index in [1.54, 1.807) is 16.7 Å². The molecule has 0 bridgehead atoms. The van der Waals surface area contributed by atoms with Crippen molar-refractivity contribution < 1.29 is 4.79 Å². The number of carbonyl (C=O) groups excluding carboxylic acids is 1. The van der Waals surface area contributed by atoms with E-state index in [4.69, 9.17) is 28.2 Å². The smallest absolute Gasteiger partial charge is 0.261 e. The normalized spacial score (nSPS) is 12.3. The average molecular weight is 418 g/mol. The third kappa shape index (κ3) is 4.05. The van der Waals surface area contributed by atoms with Gasteiger partial charge in [0.2, 0.25) is 0 Å². The van der Waals surface area contributed by atoms with Crippen LogP contribution in [-0.2, 0) is 11.3 Å². The first-order valence-corrected chi connectivity index (χ1v) is 9.93. The SMILES string of the molecule is CCN(C(=O)C(Cl)Cl)[C@H](C)c1nc2ccccc2c(=O)n1Cc1ccccc1. The molecule has 0 radical (unpaired) electrons. The molecule has 5 nitrogen and oxygen atoms in total. The molecule has 3 rings (SSSR count). The lowest BCUT2D eigenvalue weighted by molar-refractivity contribution is -0.131. The van der Waals surface area contributed by atoms with Crippen LogP contribution in [0.15, 0.2) is 59.4 Å². The summed E-state index contributed by atoms with van der Waals surface area (Å²) in [5.41, 5.74) is 1.42. The molecule has 0 aliphatic rings. The van der Waals surface area contributed by atoms with Gasteiger partial charge in [0, 0.05) is 6.54 Å². The third-order valence-corrected chi connectivity index (χ3v) is 5.10. The Hall–Kier alpha value is -2.37. The molecule has 0 unspecified atom stereocenters. The van der Waals surface area contributed by atoms with Crippen LogP contribution in [0, 0.1) is 0 Å². The molecular formula is C21H21Cl2N3O2. The van der Waals surface area contributed by atoms with E-state index in [-0.39, 0.29) is 5.56 Å². The number of fused-ring (bicyclic) bond motifs is 1. The molecule has 0 saturated carbocycles. The second-order valence-corrected chi connectivity index (χ2v) is 7.56. The molecule has 7 heteroatoms. The zero-order valence-corrected chi connectivity index (χ0v) is 17.2. The van der Waals surface area contributed by atoms with Crippen molar-refractivity contribution in [3.63, 3.8) is 0 Å². The van der Waals surface area contributed by atoms with E-state index in [1.807, 2.05) is 56.3 Å². The zero-order valence-electron chi connectivity index (χ0n) is 15.7. The predicted molar refractivity (Wildman–Crippen MR) is 113 cm³/mol. The maximum Gasteiger partial charge on any atom is 0.261 e. The Morgan fingerprint density at radius 2 is 1.75 bits per heavy atom. The molecule has 0 fully saturated rings. The summed E-state index contributed by atoms with van der Waals surface area (Å²) >= 11 is 11.6. The standard InChI is InChI=1S/C21H21Cl2N3O2/c1-3-25(21(28)18(22)23)14(2)19-24-17-12-8-7-11-16(17)20(27)26(19)13-15-9-5-4-6-10-15/h4-12,14,18H,3,13H2,1-2H3/t14-/m1/s1. The number of alkyl halides is 2. The Balaban J connectivity index is 2.17. The molecule has 146 valence electrons. The van der Waals surface area contributed by atoms with Gasteiger partial charge in [-0.3, -0.25) is 14.2 Å². The van der Waals surface area contributed by atoms with Gasteiger partial charge in [0.05, 0.1) is 23.5 Å². The van der Waals surface area contributed by atoms with Gasteiger partial charge < -0.3 is 4.90 Å². The largest absolute Gasteiger partial charge is 0.331 e. The molecule has 0 spiro atoms. The molecule has 1 aromatic heterocycles. The van der Waals surface area contributed by atoms with Crippen LogP contribution in [0.2, 0.25) is 0 Å². The fourth-order valence-electron chi connectivity index (χ4n) is 3.31. The number of carbonyl (C=O) groups is 1. The van der Waals surface area contributed by atoms with E-state index < -0.39 is 16.8 Å². The van der Waals surface area contributed by atoms with Crippen LogP contribution in [-0.4, -0.2) is 31.7 Å². The summed E-state index contributed by atoms with van der Waals surface area (Å²) in [7, 11) is 0. The average Bonchev–Trinajstić information content (AvgIpc) is 2.71. The Morgan fingerprint density at radius 1 is 1.11 bits per heavy atom. The number of amides is 1. The Kier molecular flexibility index (Phi) is 6.37. The monoisotopic (exact) mass is 417 g/mol. The van der Waals surface area contributed by atoms with Crippen molar-refractivity contribution in [2.24, 2.45) is 0 Å². The van der Waals surface area contributed by atoms with Gasteiger partial charge >= 0.3 is 0 Å². The Morgan fingerprint density at radius 3 is 2.39 bits per heavy atom. The van der Waals surface area contributed by atoms with Gasteiger partial charge in [-0.15, -0.1) is 0 Å². The molecule has 0 saturated heterocycles. The van der Waals surface area contributed by atoms with Crippen molar-refractivity contribution in [2.75, 3.05) is 6.54 Å². The van der Waals surface area contributed by atoms with Crippen molar-refractivity contribution in [3.8, 4) is 0 Å². The molecular weight excluding hydrogens is 397 g/mol. The van der Waals surface area contributed by atoms with Gasteiger partial charge in [0.25, 0.3) is 11.5 Å². The lowest BCUT2D eigenvalue weighted by Crippen LogP contribution is -2.40. The van der Waals surface area contributed by atoms with Crippen LogP contribution in [0.4, 0.5) is 0 Å². The minimum atomic E-state index is -1.17. The van der Waals surface area contributed by atoms with Gasteiger partial charge in [0.1, 0.15) is 5.82 Å². The molecule has 3 aromatic rings. The van der Waals surface area contributed by atoms with Gasteiger partial charge in [0.15, 0.2) is 4.84 Å². The summed E-state index contributed by atoms with van der Waals surface area (Å²) in [5, 5.41) is 0.538. The molecule has 2 aromatic carbocycles. The number of para-hydroxylation sites is 1. The summed E-state index contributed by atoms with van der Waals surface area (Å²) in [6.45, 7) is 4.42. The predicted octanol–water partition coefficient (Wildman–Crippen LogP) is 4.16. The van der Waals surface area contributed by atoms with E-state index >= 15 is 0 Å². The minimum absolute atomic E-state index is 0.145. The number of benzene rings is 2. The van der Waals surface area contributed by atoms with Crippen LogP contribution in [0.25, 0.3) is 10.9 Å². The zero-order chi connectivity index (χ0) is 20.3. The summed E-state index contributed by atoms with van der Waals surface area (Å²) in [5.74, 6) is 0.0868. The van der Waals surface area contributed by atoms with Crippen molar-refractivity contribution in [2.45, 2.75) is 31.3 Å². The van der Waals surface area contributed by atoms with Crippen LogP contribution in [0.1, 0.15) is 31.3 Å². The fourth-order valence-corrected chi connectivity index (χ4v) is 3.56. The molecule has 0 aliphatic heterocycles. The first-order chi connectivity index (χ1) is 13.4. The second kappa shape index (κ2) is 8.76.